The molecule has 2 aromatic carbocycles. The Hall–Kier alpha value is -2.82. The van der Waals surface area contributed by atoms with Crippen LogP contribution in [0.15, 0.2) is 42.5 Å². The molecule has 0 radical (unpaired) electrons. The Kier molecular flexibility index (Phi) is 9.21. The van der Waals surface area contributed by atoms with Crippen LogP contribution in [0.4, 0.5) is 5.69 Å². The quantitative estimate of drug-likeness (QED) is 0.524. The van der Waals surface area contributed by atoms with Crippen LogP contribution in [-0.4, -0.2) is 81.5 Å². The van der Waals surface area contributed by atoms with Crippen molar-refractivity contribution in [3.8, 4) is 11.5 Å². The van der Waals surface area contributed by atoms with Gasteiger partial charge in [-0.15, -0.1) is 0 Å². The number of aliphatic hydroxyl groups is 1. The van der Waals surface area contributed by atoms with Gasteiger partial charge in [0.15, 0.2) is 0 Å². The summed E-state index contributed by atoms with van der Waals surface area (Å²) in [5, 5.41) is 9.78. The lowest BCUT2D eigenvalue weighted by atomic mass is 10.0. The molecule has 0 saturated heterocycles. The molecule has 0 aliphatic carbocycles. The summed E-state index contributed by atoms with van der Waals surface area (Å²) in [5.41, 5.74) is 2.10. The van der Waals surface area contributed by atoms with Crippen LogP contribution in [0.3, 0.4) is 0 Å². The minimum Gasteiger partial charge on any atom is -0.497 e. The highest BCUT2D eigenvalue weighted by Gasteiger charge is 2.31. The van der Waals surface area contributed by atoms with Crippen LogP contribution in [-0.2, 0) is 27.8 Å². The maximum Gasteiger partial charge on any atom is 0.229 e. The molecule has 3 rings (SSSR count). The summed E-state index contributed by atoms with van der Waals surface area (Å²) in [6, 6.07) is 12.6. The largest absolute Gasteiger partial charge is 0.497 e. The van der Waals surface area contributed by atoms with Crippen molar-refractivity contribution >= 4 is 21.6 Å². The van der Waals surface area contributed by atoms with Crippen molar-refractivity contribution in [3.05, 3.63) is 53.6 Å². The number of amides is 1. The molecule has 0 saturated carbocycles. The zero-order valence-electron chi connectivity index (χ0n) is 21.6. The van der Waals surface area contributed by atoms with Crippen molar-refractivity contribution in [2.45, 2.75) is 39.0 Å². The lowest BCUT2D eigenvalue weighted by Gasteiger charge is -2.34. The van der Waals surface area contributed by atoms with Gasteiger partial charge in [0.25, 0.3) is 0 Å². The standard InChI is InChI=1S/C26H37N3O6S/c1-18-14-29(19(2)17-30)26(31)13-21-12-22(27-36(5,32)33)8-11-24(21)35-25(18)16-28(3)15-20-6-9-23(34-4)10-7-20/h6-12,18-19,25,27,30H,13-17H2,1-5H3/t18-,19-,25-/m1/s1. The molecule has 2 N–H and O–H groups in total. The molecular formula is C26H37N3O6S. The number of hydrogen-bond donors (Lipinski definition) is 2. The van der Waals surface area contributed by atoms with Crippen LogP contribution >= 0.6 is 0 Å². The van der Waals surface area contributed by atoms with E-state index in [-0.39, 0.29) is 37.0 Å². The lowest BCUT2D eigenvalue weighted by Crippen LogP contribution is -2.47. The third-order valence-electron chi connectivity index (χ3n) is 6.32. The molecule has 0 bridgehead atoms. The Balaban J connectivity index is 1.88. The van der Waals surface area contributed by atoms with Crippen LogP contribution in [0.25, 0.3) is 0 Å². The molecule has 36 heavy (non-hydrogen) atoms. The Bertz CT molecular complexity index is 1140. The summed E-state index contributed by atoms with van der Waals surface area (Å²) in [7, 11) is 0.187. The molecule has 198 valence electrons. The summed E-state index contributed by atoms with van der Waals surface area (Å²) in [6.45, 7) is 5.45. The van der Waals surface area contributed by atoms with Gasteiger partial charge in [-0.2, -0.15) is 0 Å². The number of sulfonamides is 1. The van der Waals surface area contributed by atoms with E-state index >= 15 is 0 Å². The van der Waals surface area contributed by atoms with Gasteiger partial charge in [-0.3, -0.25) is 14.4 Å². The van der Waals surface area contributed by atoms with Crippen molar-refractivity contribution in [3.63, 3.8) is 0 Å². The smallest absolute Gasteiger partial charge is 0.229 e. The normalized spacial score (nSPS) is 19.5. The van der Waals surface area contributed by atoms with E-state index in [0.717, 1.165) is 17.6 Å². The van der Waals surface area contributed by atoms with Crippen molar-refractivity contribution < 1.29 is 27.8 Å². The number of aliphatic hydroxyl groups excluding tert-OH is 1. The summed E-state index contributed by atoms with van der Waals surface area (Å²) >= 11 is 0. The van der Waals surface area contributed by atoms with Gasteiger partial charge in [-0.05, 0) is 49.9 Å². The number of benzene rings is 2. The number of rotatable bonds is 9. The average molecular weight is 520 g/mol. The van der Waals surface area contributed by atoms with Crippen molar-refractivity contribution in [1.29, 1.82) is 0 Å². The minimum absolute atomic E-state index is 0.0268. The van der Waals surface area contributed by atoms with E-state index in [0.29, 0.717) is 36.6 Å². The van der Waals surface area contributed by atoms with Crippen molar-refractivity contribution in [2.24, 2.45) is 5.92 Å². The molecule has 1 heterocycles. The zero-order chi connectivity index (χ0) is 26.5. The second-order valence-corrected chi connectivity index (χ2v) is 11.4. The van der Waals surface area contributed by atoms with Crippen molar-refractivity contribution in [1.82, 2.24) is 9.80 Å². The number of likely N-dealkylation sites (N-methyl/N-ethyl adjacent to an activating group) is 1. The van der Waals surface area contributed by atoms with E-state index in [1.54, 1.807) is 30.2 Å². The summed E-state index contributed by atoms with van der Waals surface area (Å²) in [5.74, 6) is 1.19. The molecule has 2 aromatic rings. The van der Waals surface area contributed by atoms with Gasteiger partial charge in [-0.1, -0.05) is 19.1 Å². The van der Waals surface area contributed by atoms with Gasteiger partial charge in [0.05, 0.1) is 32.4 Å². The fourth-order valence-corrected chi connectivity index (χ4v) is 4.89. The zero-order valence-corrected chi connectivity index (χ0v) is 22.4. The fraction of sp³-hybridized carbons (Fsp3) is 0.500. The van der Waals surface area contributed by atoms with E-state index < -0.39 is 10.0 Å². The third-order valence-corrected chi connectivity index (χ3v) is 6.93. The highest BCUT2D eigenvalue weighted by molar-refractivity contribution is 7.92. The SMILES string of the molecule is COc1ccc(CN(C)C[C@H]2Oc3ccc(NS(C)(=O)=O)cc3CC(=O)N([C@H](C)CO)C[C@H]2C)cc1. The van der Waals surface area contributed by atoms with Gasteiger partial charge in [-0.25, -0.2) is 8.42 Å². The molecular weight excluding hydrogens is 482 g/mol. The topological polar surface area (TPSA) is 108 Å². The number of ether oxygens (including phenoxy) is 2. The molecule has 1 aliphatic rings. The lowest BCUT2D eigenvalue weighted by molar-refractivity contribution is -0.134. The highest BCUT2D eigenvalue weighted by atomic mass is 32.2. The van der Waals surface area contributed by atoms with E-state index in [4.69, 9.17) is 9.47 Å². The maximum atomic E-state index is 13.2. The average Bonchev–Trinajstić information content (AvgIpc) is 2.86. The third kappa shape index (κ3) is 7.59. The van der Waals surface area contributed by atoms with Gasteiger partial charge in [0.1, 0.15) is 17.6 Å². The number of nitrogens with zero attached hydrogens (tertiary/aromatic N) is 2. The Morgan fingerprint density at radius 1 is 1.25 bits per heavy atom. The Morgan fingerprint density at radius 3 is 2.56 bits per heavy atom. The number of nitrogens with one attached hydrogen (secondary N) is 1. The number of fused-ring (bicyclic) bond motifs is 1. The number of methoxy groups -OCH3 is 1. The van der Waals surface area contributed by atoms with Gasteiger partial charge in [0, 0.05) is 36.8 Å². The van der Waals surface area contributed by atoms with E-state index in [9.17, 15) is 18.3 Å². The molecule has 0 unspecified atom stereocenters. The summed E-state index contributed by atoms with van der Waals surface area (Å²) in [6.07, 6.45) is 0.873. The van der Waals surface area contributed by atoms with Crippen LogP contribution < -0.4 is 14.2 Å². The molecule has 1 amide bonds. The second kappa shape index (κ2) is 11.9. The van der Waals surface area contributed by atoms with Crippen LogP contribution in [0.1, 0.15) is 25.0 Å². The van der Waals surface area contributed by atoms with Gasteiger partial charge < -0.3 is 19.5 Å². The molecule has 3 atom stereocenters. The molecule has 10 heteroatoms. The van der Waals surface area contributed by atoms with Crippen LogP contribution in [0, 0.1) is 5.92 Å². The first-order chi connectivity index (χ1) is 17.0. The predicted octanol–water partition coefficient (Wildman–Crippen LogP) is 2.35. The number of carbonyl (C=O) groups excluding carboxylic acids is 1. The number of hydrogen-bond acceptors (Lipinski definition) is 7. The van der Waals surface area contributed by atoms with E-state index in [1.807, 2.05) is 45.2 Å². The van der Waals surface area contributed by atoms with E-state index in [2.05, 4.69) is 9.62 Å². The van der Waals surface area contributed by atoms with Gasteiger partial charge in [0.2, 0.25) is 15.9 Å². The van der Waals surface area contributed by atoms with Crippen molar-refractivity contribution in [2.75, 3.05) is 44.8 Å². The predicted molar refractivity (Wildman–Crippen MR) is 140 cm³/mol. The Labute approximate surface area is 214 Å². The monoisotopic (exact) mass is 519 g/mol. The second-order valence-electron chi connectivity index (χ2n) is 9.63. The first kappa shape index (κ1) is 27.8. The summed E-state index contributed by atoms with van der Waals surface area (Å²) < 4.78 is 37.7. The Morgan fingerprint density at radius 2 is 1.94 bits per heavy atom. The molecule has 1 aliphatic heterocycles. The summed E-state index contributed by atoms with van der Waals surface area (Å²) in [4.78, 5) is 17.1. The van der Waals surface area contributed by atoms with Crippen LogP contribution in [0.2, 0.25) is 0 Å². The molecule has 0 spiro atoms. The number of carbonyl (C=O) groups is 1. The number of anilines is 1. The molecule has 0 fully saturated rings. The highest BCUT2D eigenvalue weighted by Crippen LogP contribution is 2.29. The molecule has 9 nitrogen and oxygen atoms in total. The first-order valence-corrected chi connectivity index (χ1v) is 13.9. The minimum atomic E-state index is -3.47. The van der Waals surface area contributed by atoms with Crippen LogP contribution in [0.5, 0.6) is 11.5 Å². The van der Waals surface area contributed by atoms with Gasteiger partial charge >= 0.3 is 0 Å². The first-order valence-electron chi connectivity index (χ1n) is 12.0. The fourth-order valence-electron chi connectivity index (χ4n) is 4.34. The maximum absolute atomic E-state index is 13.2. The van der Waals surface area contributed by atoms with E-state index in [1.165, 1.54) is 0 Å². The molecule has 0 aromatic heterocycles.